The van der Waals surface area contributed by atoms with Crippen LogP contribution in [0.25, 0.3) is 0 Å². The zero-order valence-corrected chi connectivity index (χ0v) is 11.4. The fourth-order valence-electron chi connectivity index (χ4n) is 1.42. The van der Waals surface area contributed by atoms with Gasteiger partial charge in [-0.3, -0.25) is 4.79 Å². The van der Waals surface area contributed by atoms with Gasteiger partial charge in [-0.05, 0) is 53.6 Å². The van der Waals surface area contributed by atoms with E-state index in [0.29, 0.717) is 10.6 Å². The SMILES string of the molecule is O=C(NC1(CO)CC1)c1ccc(I)c(Cl)c1. The average molecular weight is 352 g/mol. The maximum Gasteiger partial charge on any atom is 0.251 e. The second-order valence-electron chi connectivity index (χ2n) is 4.02. The van der Waals surface area contributed by atoms with Crippen LogP contribution in [0.1, 0.15) is 23.2 Å². The predicted molar refractivity (Wildman–Crippen MR) is 70.7 cm³/mol. The fraction of sp³-hybridized carbons (Fsp3) is 0.364. The van der Waals surface area contributed by atoms with Gasteiger partial charge in [0.25, 0.3) is 5.91 Å². The van der Waals surface area contributed by atoms with Gasteiger partial charge in [-0.1, -0.05) is 11.6 Å². The van der Waals surface area contributed by atoms with Crippen LogP contribution < -0.4 is 5.32 Å². The van der Waals surface area contributed by atoms with Gasteiger partial charge in [-0.25, -0.2) is 0 Å². The third kappa shape index (κ3) is 2.49. The molecule has 0 unspecified atom stereocenters. The molecule has 16 heavy (non-hydrogen) atoms. The summed E-state index contributed by atoms with van der Waals surface area (Å²) in [5.41, 5.74) is 0.150. The van der Waals surface area contributed by atoms with Gasteiger partial charge in [0.2, 0.25) is 0 Å². The van der Waals surface area contributed by atoms with Crippen LogP contribution in [0.2, 0.25) is 5.02 Å². The summed E-state index contributed by atoms with van der Waals surface area (Å²) >= 11 is 8.05. The Morgan fingerprint density at radius 3 is 2.75 bits per heavy atom. The van der Waals surface area contributed by atoms with Crippen LogP contribution in [0.15, 0.2) is 18.2 Å². The molecule has 1 aromatic carbocycles. The van der Waals surface area contributed by atoms with E-state index in [1.54, 1.807) is 18.2 Å². The summed E-state index contributed by atoms with van der Waals surface area (Å²) in [5, 5.41) is 12.5. The molecule has 0 aliphatic heterocycles. The van der Waals surface area contributed by atoms with E-state index >= 15 is 0 Å². The number of amides is 1. The van der Waals surface area contributed by atoms with E-state index in [2.05, 4.69) is 27.9 Å². The number of benzene rings is 1. The molecular weight excluding hydrogens is 340 g/mol. The van der Waals surface area contributed by atoms with Crippen molar-refractivity contribution in [1.29, 1.82) is 0 Å². The molecule has 86 valence electrons. The summed E-state index contributed by atoms with van der Waals surface area (Å²) < 4.78 is 0.916. The van der Waals surface area contributed by atoms with Crippen molar-refractivity contribution in [3.63, 3.8) is 0 Å². The molecule has 5 heteroatoms. The largest absolute Gasteiger partial charge is 0.394 e. The Kier molecular flexibility index (Phi) is 3.42. The highest BCUT2D eigenvalue weighted by Gasteiger charge is 2.43. The molecule has 0 heterocycles. The van der Waals surface area contributed by atoms with Gasteiger partial charge in [0.05, 0.1) is 17.2 Å². The molecule has 2 N–H and O–H groups in total. The summed E-state index contributed by atoms with van der Waals surface area (Å²) in [6.07, 6.45) is 1.68. The van der Waals surface area contributed by atoms with Gasteiger partial charge in [-0.15, -0.1) is 0 Å². The molecule has 1 saturated carbocycles. The maximum atomic E-state index is 11.8. The average Bonchev–Trinajstić information content (AvgIpc) is 3.02. The van der Waals surface area contributed by atoms with Gasteiger partial charge in [0.1, 0.15) is 0 Å². The first-order valence-corrected chi connectivity index (χ1v) is 6.40. The lowest BCUT2D eigenvalue weighted by Gasteiger charge is -2.14. The molecule has 1 aromatic rings. The zero-order chi connectivity index (χ0) is 11.8. The van der Waals surface area contributed by atoms with Crippen LogP contribution in [-0.2, 0) is 0 Å². The lowest BCUT2D eigenvalue weighted by molar-refractivity contribution is 0.0907. The van der Waals surface area contributed by atoms with Gasteiger partial charge >= 0.3 is 0 Å². The van der Waals surface area contributed by atoms with Gasteiger partial charge in [0, 0.05) is 9.13 Å². The lowest BCUT2D eigenvalue weighted by Crippen LogP contribution is -2.39. The van der Waals surface area contributed by atoms with Crippen molar-refractivity contribution in [2.75, 3.05) is 6.61 Å². The molecule has 1 amide bonds. The van der Waals surface area contributed by atoms with E-state index in [4.69, 9.17) is 16.7 Å². The minimum Gasteiger partial charge on any atom is -0.394 e. The Morgan fingerprint density at radius 2 is 2.25 bits per heavy atom. The normalized spacial score (nSPS) is 16.9. The van der Waals surface area contributed by atoms with Crippen LogP contribution >= 0.6 is 34.2 Å². The number of hydrogen-bond acceptors (Lipinski definition) is 2. The summed E-state index contributed by atoms with van der Waals surface area (Å²) in [5.74, 6) is -0.176. The van der Waals surface area contributed by atoms with Gasteiger partial charge in [0.15, 0.2) is 0 Å². The Balaban J connectivity index is 2.12. The molecule has 0 bridgehead atoms. The monoisotopic (exact) mass is 351 g/mol. The molecular formula is C11H11ClINO2. The highest BCUT2D eigenvalue weighted by Crippen LogP contribution is 2.34. The number of carbonyl (C=O) groups excluding carboxylic acids is 1. The molecule has 0 aromatic heterocycles. The van der Waals surface area contributed by atoms with Crippen LogP contribution in [0, 0.1) is 3.57 Å². The number of aliphatic hydroxyl groups is 1. The van der Waals surface area contributed by atoms with Crippen molar-refractivity contribution < 1.29 is 9.90 Å². The smallest absolute Gasteiger partial charge is 0.251 e. The molecule has 3 nitrogen and oxygen atoms in total. The predicted octanol–water partition coefficient (Wildman–Crippen LogP) is 2.20. The minimum atomic E-state index is -0.382. The Morgan fingerprint density at radius 1 is 1.56 bits per heavy atom. The summed E-state index contributed by atoms with van der Waals surface area (Å²) in [6.45, 7) is -0.00313. The van der Waals surface area contributed by atoms with E-state index in [1.165, 1.54) is 0 Å². The molecule has 0 atom stereocenters. The zero-order valence-electron chi connectivity index (χ0n) is 8.46. The van der Waals surface area contributed by atoms with Gasteiger partial charge in [-0.2, -0.15) is 0 Å². The summed E-state index contributed by atoms with van der Waals surface area (Å²) in [7, 11) is 0. The van der Waals surface area contributed by atoms with Crippen molar-refractivity contribution in [3.8, 4) is 0 Å². The molecule has 2 rings (SSSR count). The molecule has 1 aliphatic rings. The lowest BCUT2D eigenvalue weighted by atomic mass is 10.2. The third-order valence-corrected chi connectivity index (χ3v) is 4.29. The molecule has 0 radical (unpaired) electrons. The second kappa shape index (κ2) is 4.50. The van der Waals surface area contributed by atoms with E-state index in [-0.39, 0.29) is 18.1 Å². The summed E-state index contributed by atoms with van der Waals surface area (Å²) in [4.78, 5) is 11.8. The quantitative estimate of drug-likeness (QED) is 0.820. The van der Waals surface area contributed by atoms with E-state index in [0.717, 1.165) is 16.4 Å². The molecule has 1 aliphatic carbocycles. The van der Waals surface area contributed by atoms with Crippen LogP contribution in [-0.4, -0.2) is 23.2 Å². The van der Waals surface area contributed by atoms with Crippen molar-refractivity contribution >= 4 is 40.1 Å². The maximum absolute atomic E-state index is 11.8. The number of nitrogens with one attached hydrogen (secondary N) is 1. The van der Waals surface area contributed by atoms with Crippen molar-refractivity contribution in [1.82, 2.24) is 5.32 Å². The number of halogens is 2. The topological polar surface area (TPSA) is 49.3 Å². The third-order valence-electron chi connectivity index (χ3n) is 2.72. The second-order valence-corrected chi connectivity index (χ2v) is 5.59. The minimum absolute atomic E-state index is 0.00313. The van der Waals surface area contributed by atoms with Crippen LogP contribution in [0.4, 0.5) is 0 Å². The first-order valence-electron chi connectivity index (χ1n) is 4.95. The fourth-order valence-corrected chi connectivity index (χ4v) is 1.94. The number of rotatable bonds is 3. The highest BCUT2D eigenvalue weighted by molar-refractivity contribution is 14.1. The van der Waals surface area contributed by atoms with E-state index in [1.807, 2.05) is 0 Å². The number of hydrogen-bond donors (Lipinski definition) is 2. The number of carbonyl (C=O) groups is 1. The van der Waals surface area contributed by atoms with Crippen molar-refractivity contribution in [3.05, 3.63) is 32.4 Å². The highest BCUT2D eigenvalue weighted by atomic mass is 127. The molecule has 1 fully saturated rings. The van der Waals surface area contributed by atoms with Gasteiger partial charge < -0.3 is 10.4 Å². The van der Waals surface area contributed by atoms with Crippen LogP contribution in [0.3, 0.4) is 0 Å². The Labute approximate surface area is 112 Å². The van der Waals surface area contributed by atoms with Crippen LogP contribution in [0.5, 0.6) is 0 Å². The molecule has 0 saturated heterocycles. The van der Waals surface area contributed by atoms with Crippen molar-refractivity contribution in [2.24, 2.45) is 0 Å². The first kappa shape index (κ1) is 12.1. The number of aliphatic hydroxyl groups excluding tert-OH is 1. The molecule has 0 spiro atoms. The first-order chi connectivity index (χ1) is 7.56. The standard InChI is InChI=1S/C11H11ClINO2/c12-8-5-7(1-2-9(8)13)10(16)14-11(6-15)3-4-11/h1-2,5,15H,3-4,6H2,(H,14,16). The van der Waals surface area contributed by atoms with E-state index < -0.39 is 0 Å². The van der Waals surface area contributed by atoms with E-state index in [9.17, 15) is 4.79 Å². The Hall–Kier alpha value is -0.330. The Bertz CT molecular complexity index is 432. The summed E-state index contributed by atoms with van der Waals surface area (Å²) in [6, 6.07) is 5.18. The van der Waals surface area contributed by atoms with Crippen molar-refractivity contribution in [2.45, 2.75) is 18.4 Å².